The smallest absolute Gasteiger partial charge is 0.272 e. The molecule has 1 unspecified atom stereocenters. The third-order valence-corrected chi connectivity index (χ3v) is 4.26. The molecule has 128 valence electrons. The summed E-state index contributed by atoms with van der Waals surface area (Å²) >= 11 is 6.07. The number of halogens is 1. The van der Waals surface area contributed by atoms with Crippen LogP contribution in [0.2, 0.25) is 5.02 Å². The van der Waals surface area contributed by atoms with Gasteiger partial charge in [-0.25, -0.2) is 0 Å². The highest BCUT2D eigenvalue weighted by atomic mass is 35.5. The first-order valence-corrected chi connectivity index (χ1v) is 8.19. The number of carbonyl (C=O) groups is 1. The Hall–Kier alpha value is -2.73. The van der Waals surface area contributed by atoms with Crippen LogP contribution in [-0.2, 0) is 16.2 Å². The fraction of sp³-hybridized carbons (Fsp3) is 0.222. The Kier molecular flexibility index (Phi) is 3.97. The summed E-state index contributed by atoms with van der Waals surface area (Å²) in [5.41, 5.74) is 1.62. The Morgan fingerprint density at radius 2 is 2.04 bits per heavy atom. The van der Waals surface area contributed by atoms with E-state index in [0.29, 0.717) is 34.5 Å². The van der Waals surface area contributed by atoms with E-state index in [9.17, 15) is 4.79 Å². The van der Waals surface area contributed by atoms with Gasteiger partial charge in [-0.15, -0.1) is 0 Å². The molecular weight excluding hydrogens is 344 g/mol. The Morgan fingerprint density at radius 3 is 2.88 bits per heavy atom. The molecule has 25 heavy (non-hydrogen) atoms. The zero-order valence-corrected chi connectivity index (χ0v) is 14.2. The zero-order valence-electron chi connectivity index (χ0n) is 13.4. The van der Waals surface area contributed by atoms with Crippen LogP contribution in [0.1, 0.15) is 18.1 Å². The van der Waals surface area contributed by atoms with E-state index in [4.69, 9.17) is 25.9 Å². The molecule has 2 aromatic carbocycles. The van der Waals surface area contributed by atoms with E-state index in [2.05, 4.69) is 5.16 Å². The van der Waals surface area contributed by atoms with E-state index >= 15 is 0 Å². The van der Waals surface area contributed by atoms with Gasteiger partial charge in [0.05, 0.1) is 6.54 Å². The summed E-state index contributed by atoms with van der Waals surface area (Å²) in [5.74, 6) is 1.65. The van der Waals surface area contributed by atoms with Gasteiger partial charge in [-0.05, 0) is 36.8 Å². The molecule has 2 aromatic rings. The van der Waals surface area contributed by atoms with Crippen LogP contribution in [0.15, 0.2) is 47.6 Å². The maximum Gasteiger partial charge on any atom is 0.272 e. The molecule has 0 saturated heterocycles. The lowest BCUT2D eigenvalue weighted by molar-refractivity contribution is -0.142. The fourth-order valence-corrected chi connectivity index (χ4v) is 2.95. The molecule has 0 N–H and O–H groups in total. The average molecular weight is 359 g/mol. The first-order chi connectivity index (χ1) is 12.1. The van der Waals surface area contributed by atoms with Crippen molar-refractivity contribution in [2.75, 3.05) is 6.79 Å². The van der Waals surface area contributed by atoms with Crippen molar-refractivity contribution in [1.82, 2.24) is 4.90 Å². The summed E-state index contributed by atoms with van der Waals surface area (Å²) in [7, 11) is 0. The SMILES string of the molecule is CC1ON=C(c2cccc(Cl)c2)N(Cc2ccc3c(c2)OCO3)C1=O. The minimum Gasteiger partial charge on any atom is -0.454 e. The third-order valence-electron chi connectivity index (χ3n) is 4.03. The predicted molar refractivity (Wildman–Crippen MR) is 91.7 cm³/mol. The number of oxime groups is 1. The molecule has 7 heteroatoms. The number of ether oxygens (including phenoxy) is 2. The quantitative estimate of drug-likeness (QED) is 0.845. The van der Waals surface area contributed by atoms with Crippen LogP contribution in [0.4, 0.5) is 0 Å². The van der Waals surface area contributed by atoms with E-state index in [0.717, 1.165) is 5.56 Å². The Bertz CT molecular complexity index is 868. The van der Waals surface area contributed by atoms with Gasteiger partial charge in [0.1, 0.15) is 0 Å². The second kappa shape index (κ2) is 6.29. The molecule has 0 aliphatic carbocycles. The predicted octanol–water partition coefficient (Wildman–Crippen LogP) is 3.18. The number of fused-ring (bicyclic) bond motifs is 1. The summed E-state index contributed by atoms with van der Waals surface area (Å²) in [6.45, 7) is 2.23. The molecule has 1 atom stereocenters. The number of amidine groups is 1. The van der Waals surface area contributed by atoms with Crippen molar-refractivity contribution in [3.05, 3.63) is 58.6 Å². The zero-order chi connectivity index (χ0) is 17.4. The average Bonchev–Trinajstić information content (AvgIpc) is 3.07. The molecule has 6 nitrogen and oxygen atoms in total. The van der Waals surface area contributed by atoms with Crippen molar-refractivity contribution in [1.29, 1.82) is 0 Å². The standard InChI is InChI=1S/C18H15ClN2O4/c1-11-18(22)21(9-12-5-6-15-16(7-12)24-10-23-15)17(20-25-11)13-3-2-4-14(19)8-13/h2-8,11H,9-10H2,1H3. The molecule has 0 bridgehead atoms. The van der Waals surface area contributed by atoms with Crippen LogP contribution in [0, 0.1) is 0 Å². The van der Waals surface area contributed by atoms with Crippen molar-refractivity contribution in [3.8, 4) is 11.5 Å². The molecule has 0 spiro atoms. The van der Waals surface area contributed by atoms with Gasteiger partial charge in [0.25, 0.3) is 5.91 Å². The van der Waals surface area contributed by atoms with E-state index < -0.39 is 6.10 Å². The lowest BCUT2D eigenvalue weighted by Crippen LogP contribution is -2.46. The highest BCUT2D eigenvalue weighted by Gasteiger charge is 2.32. The van der Waals surface area contributed by atoms with Crippen LogP contribution < -0.4 is 9.47 Å². The third kappa shape index (κ3) is 3.00. The molecule has 0 aromatic heterocycles. The number of amides is 1. The molecular formula is C18H15ClN2O4. The van der Waals surface area contributed by atoms with Crippen LogP contribution in [0.25, 0.3) is 0 Å². The highest BCUT2D eigenvalue weighted by Crippen LogP contribution is 2.33. The molecule has 4 rings (SSSR count). The summed E-state index contributed by atoms with van der Waals surface area (Å²) in [4.78, 5) is 19.5. The van der Waals surface area contributed by atoms with Crippen molar-refractivity contribution < 1.29 is 19.1 Å². The summed E-state index contributed by atoms with van der Waals surface area (Å²) < 4.78 is 10.7. The molecule has 2 heterocycles. The van der Waals surface area contributed by atoms with Crippen molar-refractivity contribution in [3.63, 3.8) is 0 Å². The summed E-state index contributed by atoms with van der Waals surface area (Å²) in [5, 5.41) is 4.69. The van der Waals surface area contributed by atoms with Gasteiger partial charge in [-0.3, -0.25) is 9.69 Å². The number of benzene rings is 2. The van der Waals surface area contributed by atoms with Crippen molar-refractivity contribution in [2.45, 2.75) is 19.6 Å². The first-order valence-electron chi connectivity index (χ1n) is 7.81. The Labute approximate surface area is 149 Å². The first kappa shape index (κ1) is 15.8. The van der Waals surface area contributed by atoms with Gasteiger partial charge in [0, 0.05) is 10.6 Å². The number of hydrogen-bond donors (Lipinski definition) is 0. The summed E-state index contributed by atoms with van der Waals surface area (Å²) in [6, 6.07) is 12.8. The van der Waals surface area contributed by atoms with E-state index in [-0.39, 0.29) is 12.7 Å². The number of rotatable bonds is 3. The van der Waals surface area contributed by atoms with Gasteiger partial charge < -0.3 is 14.3 Å². The highest BCUT2D eigenvalue weighted by molar-refractivity contribution is 6.31. The minimum absolute atomic E-state index is 0.164. The maximum atomic E-state index is 12.7. The minimum atomic E-state index is -0.642. The molecule has 0 fully saturated rings. The molecule has 2 aliphatic heterocycles. The van der Waals surface area contributed by atoms with Gasteiger partial charge in [-0.1, -0.05) is 35.0 Å². The van der Waals surface area contributed by atoms with Crippen molar-refractivity contribution >= 4 is 23.3 Å². The van der Waals surface area contributed by atoms with Gasteiger partial charge in [0.2, 0.25) is 12.9 Å². The fourth-order valence-electron chi connectivity index (χ4n) is 2.76. The van der Waals surface area contributed by atoms with E-state index in [1.165, 1.54) is 0 Å². The van der Waals surface area contributed by atoms with Crippen molar-refractivity contribution in [2.24, 2.45) is 5.16 Å². The Balaban J connectivity index is 1.67. The lowest BCUT2D eigenvalue weighted by Gasteiger charge is -2.30. The molecule has 0 radical (unpaired) electrons. The topological polar surface area (TPSA) is 60.4 Å². The second-order valence-electron chi connectivity index (χ2n) is 5.78. The maximum absolute atomic E-state index is 12.7. The lowest BCUT2D eigenvalue weighted by atomic mass is 10.1. The molecule has 0 saturated carbocycles. The number of carbonyl (C=O) groups excluding carboxylic acids is 1. The summed E-state index contributed by atoms with van der Waals surface area (Å²) in [6.07, 6.45) is -0.642. The normalized spacial score (nSPS) is 18.8. The van der Waals surface area contributed by atoms with Crippen LogP contribution in [0.3, 0.4) is 0 Å². The Morgan fingerprint density at radius 1 is 1.20 bits per heavy atom. The number of hydrogen-bond acceptors (Lipinski definition) is 5. The monoisotopic (exact) mass is 358 g/mol. The van der Waals surface area contributed by atoms with Gasteiger partial charge in [0.15, 0.2) is 17.3 Å². The molecule has 1 amide bonds. The van der Waals surface area contributed by atoms with Crippen LogP contribution in [0.5, 0.6) is 11.5 Å². The largest absolute Gasteiger partial charge is 0.454 e. The van der Waals surface area contributed by atoms with Gasteiger partial charge in [-0.2, -0.15) is 0 Å². The number of nitrogens with zero attached hydrogens (tertiary/aromatic N) is 2. The van der Waals surface area contributed by atoms with E-state index in [1.54, 1.807) is 30.0 Å². The van der Waals surface area contributed by atoms with Crippen LogP contribution in [-0.4, -0.2) is 29.5 Å². The van der Waals surface area contributed by atoms with E-state index in [1.807, 2.05) is 24.3 Å². The second-order valence-corrected chi connectivity index (χ2v) is 6.22. The van der Waals surface area contributed by atoms with Crippen LogP contribution >= 0.6 is 11.6 Å². The van der Waals surface area contributed by atoms with Gasteiger partial charge >= 0.3 is 0 Å². The molecule has 2 aliphatic rings.